The highest BCUT2D eigenvalue weighted by Crippen LogP contribution is 2.27. The van der Waals surface area contributed by atoms with E-state index in [4.69, 9.17) is 9.47 Å². The summed E-state index contributed by atoms with van der Waals surface area (Å²) in [7, 11) is 3.18. The molecule has 0 unspecified atom stereocenters. The normalized spacial score (nSPS) is 10.2. The summed E-state index contributed by atoms with van der Waals surface area (Å²) in [6, 6.07) is 5.66. The molecule has 6 heteroatoms. The van der Waals surface area contributed by atoms with Gasteiger partial charge in [-0.15, -0.1) is 0 Å². The van der Waals surface area contributed by atoms with E-state index in [1.54, 1.807) is 19.1 Å². The SMILES string of the molecule is CCCCNC(=O)CN(CCc1ccc(OC)c(OC)c1)C(C)=O. The number of nitrogens with zero attached hydrogens (tertiary/aromatic N) is 1. The van der Waals surface area contributed by atoms with Gasteiger partial charge in [-0.3, -0.25) is 9.59 Å². The van der Waals surface area contributed by atoms with Crippen molar-refractivity contribution in [3.05, 3.63) is 23.8 Å². The summed E-state index contributed by atoms with van der Waals surface area (Å²) >= 11 is 0. The van der Waals surface area contributed by atoms with E-state index in [0.29, 0.717) is 31.0 Å². The summed E-state index contributed by atoms with van der Waals surface area (Å²) in [5.41, 5.74) is 1.02. The lowest BCUT2D eigenvalue weighted by molar-refractivity contribution is -0.134. The summed E-state index contributed by atoms with van der Waals surface area (Å²) in [4.78, 5) is 25.2. The Morgan fingerprint density at radius 3 is 2.46 bits per heavy atom. The molecule has 0 aliphatic heterocycles. The maximum atomic E-state index is 11.9. The van der Waals surface area contributed by atoms with E-state index in [9.17, 15) is 9.59 Å². The number of methoxy groups -OCH3 is 2. The predicted molar refractivity (Wildman–Crippen MR) is 93.4 cm³/mol. The first-order chi connectivity index (χ1) is 11.5. The average Bonchev–Trinajstić information content (AvgIpc) is 2.58. The van der Waals surface area contributed by atoms with Gasteiger partial charge in [-0.05, 0) is 30.5 Å². The molecule has 2 amide bonds. The van der Waals surface area contributed by atoms with E-state index in [-0.39, 0.29) is 18.4 Å². The van der Waals surface area contributed by atoms with Gasteiger partial charge in [-0.25, -0.2) is 0 Å². The highest BCUT2D eigenvalue weighted by Gasteiger charge is 2.14. The first kappa shape index (κ1) is 19.8. The fourth-order valence-electron chi connectivity index (χ4n) is 2.28. The molecular formula is C18H28N2O4. The molecule has 1 aromatic carbocycles. The maximum absolute atomic E-state index is 11.9. The van der Waals surface area contributed by atoms with Gasteiger partial charge in [0, 0.05) is 20.0 Å². The number of benzene rings is 1. The Hall–Kier alpha value is -2.24. The zero-order valence-corrected chi connectivity index (χ0v) is 15.1. The Kier molecular flexibility index (Phi) is 8.68. The number of carbonyl (C=O) groups excluding carboxylic acids is 2. The van der Waals surface area contributed by atoms with Crippen LogP contribution >= 0.6 is 0 Å². The van der Waals surface area contributed by atoms with Crippen molar-refractivity contribution in [3.8, 4) is 11.5 Å². The number of amides is 2. The lowest BCUT2D eigenvalue weighted by Gasteiger charge is -2.21. The third-order valence-corrected chi connectivity index (χ3v) is 3.75. The minimum Gasteiger partial charge on any atom is -0.493 e. The van der Waals surface area contributed by atoms with Crippen LogP contribution in [-0.4, -0.2) is 50.6 Å². The summed E-state index contributed by atoms with van der Waals surface area (Å²) < 4.78 is 10.5. The van der Waals surface area contributed by atoms with Crippen molar-refractivity contribution in [1.29, 1.82) is 0 Å². The summed E-state index contributed by atoms with van der Waals surface area (Å²) in [6.07, 6.45) is 2.61. The molecule has 6 nitrogen and oxygen atoms in total. The molecule has 0 heterocycles. The monoisotopic (exact) mass is 336 g/mol. The first-order valence-corrected chi connectivity index (χ1v) is 8.24. The van der Waals surface area contributed by atoms with E-state index in [2.05, 4.69) is 12.2 Å². The largest absolute Gasteiger partial charge is 0.493 e. The van der Waals surface area contributed by atoms with E-state index in [0.717, 1.165) is 18.4 Å². The molecule has 0 atom stereocenters. The molecule has 1 N–H and O–H groups in total. The van der Waals surface area contributed by atoms with Gasteiger partial charge in [-0.1, -0.05) is 19.4 Å². The van der Waals surface area contributed by atoms with Gasteiger partial charge >= 0.3 is 0 Å². The van der Waals surface area contributed by atoms with Crippen LogP contribution in [0.4, 0.5) is 0 Å². The molecule has 0 saturated heterocycles. The zero-order chi connectivity index (χ0) is 17.9. The van der Waals surface area contributed by atoms with Crippen molar-refractivity contribution < 1.29 is 19.1 Å². The number of carbonyl (C=O) groups is 2. The van der Waals surface area contributed by atoms with Crippen molar-refractivity contribution in [2.75, 3.05) is 33.9 Å². The summed E-state index contributed by atoms with van der Waals surface area (Å²) in [5.74, 6) is 1.09. The van der Waals surface area contributed by atoms with Crippen LogP contribution in [0.2, 0.25) is 0 Å². The quantitative estimate of drug-likeness (QED) is 0.664. The van der Waals surface area contributed by atoms with E-state index < -0.39 is 0 Å². The van der Waals surface area contributed by atoms with Crippen molar-refractivity contribution in [2.45, 2.75) is 33.1 Å². The molecule has 0 fully saturated rings. The second-order valence-electron chi connectivity index (χ2n) is 5.58. The highest BCUT2D eigenvalue weighted by atomic mass is 16.5. The molecule has 134 valence electrons. The van der Waals surface area contributed by atoms with Crippen molar-refractivity contribution >= 4 is 11.8 Å². The average molecular weight is 336 g/mol. The first-order valence-electron chi connectivity index (χ1n) is 8.24. The molecule has 24 heavy (non-hydrogen) atoms. The van der Waals surface area contributed by atoms with Crippen molar-refractivity contribution in [1.82, 2.24) is 10.2 Å². The third-order valence-electron chi connectivity index (χ3n) is 3.75. The molecule has 0 spiro atoms. The number of rotatable bonds is 10. The molecule has 0 bridgehead atoms. The molecule has 1 aromatic rings. The van der Waals surface area contributed by atoms with Gasteiger partial charge in [0.25, 0.3) is 0 Å². The van der Waals surface area contributed by atoms with Gasteiger partial charge in [0.15, 0.2) is 11.5 Å². The van der Waals surface area contributed by atoms with Crippen LogP contribution in [0.1, 0.15) is 32.3 Å². The van der Waals surface area contributed by atoms with Crippen LogP contribution in [0.3, 0.4) is 0 Å². The lowest BCUT2D eigenvalue weighted by Crippen LogP contribution is -2.41. The zero-order valence-electron chi connectivity index (χ0n) is 15.1. The van der Waals surface area contributed by atoms with Crippen LogP contribution < -0.4 is 14.8 Å². The fourth-order valence-corrected chi connectivity index (χ4v) is 2.28. The van der Waals surface area contributed by atoms with Crippen LogP contribution in [0.15, 0.2) is 18.2 Å². The fraction of sp³-hybridized carbons (Fsp3) is 0.556. The highest BCUT2D eigenvalue weighted by molar-refractivity contribution is 5.83. The molecule has 0 aliphatic rings. The van der Waals surface area contributed by atoms with Crippen LogP contribution in [0.25, 0.3) is 0 Å². The van der Waals surface area contributed by atoms with E-state index in [1.807, 2.05) is 18.2 Å². The number of hydrogen-bond acceptors (Lipinski definition) is 4. The Labute approximate surface area is 144 Å². The van der Waals surface area contributed by atoms with Crippen molar-refractivity contribution in [2.24, 2.45) is 0 Å². The minimum atomic E-state index is -0.119. The van der Waals surface area contributed by atoms with Gasteiger partial charge < -0.3 is 19.7 Å². The van der Waals surface area contributed by atoms with E-state index in [1.165, 1.54) is 6.92 Å². The summed E-state index contributed by atoms with van der Waals surface area (Å²) in [6.45, 7) is 4.76. The smallest absolute Gasteiger partial charge is 0.239 e. The minimum absolute atomic E-state index is 0.0896. The topological polar surface area (TPSA) is 67.9 Å². The van der Waals surface area contributed by atoms with Crippen LogP contribution in [-0.2, 0) is 16.0 Å². The van der Waals surface area contributed by atoms with Gasteiger partial charge in [-0.2, -0.15) is 0 Å². The Bertz CT molecular complexity index is 546. The Morgan fingerprint density at radius 2 is 1.88 bits per heavy atom. The predicted octanol–water partition coefficient (Wildman–Crippen LogP) is 2.01. The van der Waals surface area contributed by atoms with Gasteiger partial charge in [0.2, 0.25) is 11.8 Å². The van der Waals surface area contributed by atoms with Gasteiger partial charge in [0.05, 0.1) is 20.8 Å². The second-order valence-corrected chi connectivity index (χ2v) is 5.58. The number of ether oxygens (including phenoxy) is 2. The molecule has 0 aliphatic carbocycles. The van der Waals surface area contributed by atoms with Gasteiger partial charge in [0.1, 0.15) is 0 Å². The Balaban J connectivity index is 2.60. The number of unbranched alkanes of at least 4 members (excludes halogenated alkanes) is 1. The number of nitrogens with one attached hydrogen (secondary N) is 1. The molecule has 0 radical (unpaired) electrons. The van der Waals surface area contributed by atoms with Crippen LogP contribution in [0, 0.1) is 0 Å². The van der Waals surface area contributed by atoms with Crippen LogP contribution in [0.5, 0.6) is 11.5 Å². The molecule has 0 saturated carbocycles. The molecule has 1 rings (SSSR count). The van der Waals surface area contributed by atoms with Crippen molar-refractivity contribution in [3.63, 3.8) is 0 Å². The summed E-state index contributed by atoms with van der Waals surface area (Å²) in [5, 5.41) is 2.83. The third kappa shape index (κ3) is 6.48. The number of hydrogen-bond donors (Lipinski definition) is 1. The molecule has 0 aromatic heterocycles. The second kappa shape index (κ2) is 10.5. The maximum Gasteiger partial charge on any atom is 0.239 e. The Morgan fingerprint density at radius 1 is 1.17 bits per heavy atom. The standard InChI is InChI=1S/C18H28N2O4/c1-5-6-10-19-18(22)13-20(14(2)21)11-9-15-7-8-16(23-3)17(12-15)24-4/h7-8,12H,5-6,9-11,13H2,1-4H3,(H,19,22). The lowest BCUT2D eigenvalue weighted by atomic mass is 10.1. The van der Waals surface area contributed by atoms with E-state index >= 15 is 0 Å². The molecular weight excluding hydrogens is 308 g/mol.